The number of hydrogen-bond acceptors (Lipinski definition) is 11. The van der Waals surface area contributed by atoms with Gasteiger partial charge in [-0.15, -0.1) is 23.2 Å². The fraction of sp³-hybridized carbons (Fsp3) is 0.389. The first-order chi connectivity index (χ1) is 25.7. The number of phenolic OH excluding ortho intramolecular Hbond substituents is 1. The van der Waals surface area contributed by atoms with Crippen LogP contribution in [0.5, 0.6) is 28.7 Å². The number of fused-ring (bicyclic) bond motifs is 5. The number of rotatable bonds is 9. The number of phenols is 1. The van der Waals surface area contributed by atoms with Crippen LogP contribution in [0.2, 0.25) is 0 Å². The van der Waals surface area contributed by atoms with Crippen molar-refractivity contribution in [2.75, 3.05) is 35.5 Å². The number of aromatic hydroxyl groups is 1. The number of alkyl halides is 2. The number of nitrogens with zero attached hydrogens (tertiary/aromatic N) is 6. The van der Waals surface area contributed by atoms with Crippen molar-refractivity contribution in [3.63, 3.8) is 0 Å². The number of halogens is 2. The Morgan fingerprint density at radius 1 is 0.889 bits per heavy atom. The number of imide groups is 1. The highest BCUT2D eigenvalue weighted by atomic mass is 35.5. The summed E-state index contributed by atoms with van der Waals surface area (Å²) >= 11 is 14.4. The van der Waals surface area contributed by atoms with E-state index in [-0.39, 0.29) is 48.9 Å². The van der Waals surface area contributed by atoms with E-state index >= 15 is 0 Å². The highest BCUT2D eigenvalue weighted by molar-refractivity contribution is 6.53. The van der Waals surface area contributed by atoms with E-state index in [2.05, 4.69) is 4.98 Å². The predicted molar refractivity (Wildman–Crippen MR) is 197 cm³/mol. The molecule has 2 amide bonds. The molecule has 4 atom stereocenters. The highest BCUT2D eigenvalue weighted by Gasteiger charge is 2.74. The summed E-state index contributed by atoms with van der Waals surface area (Å²) in [5, 5.41) is 10.4. The minimum Gasteiger partial charge on any atom is -0.502 e. The topological polar surface area (TPSA) is 178 Å². The Hall–Kier alpha value is -5.48. The summed E-state index contributed by atoms with van der Waals surface area (Å²) in [7, 11) is 8.60. The van der Waals surface area contributed by atoms with Crippen LogP contribution in [0, 0.1) is 5.92 Å². The van der Waals surface area contributed by atoms with Crippen molar-refractivity contribution in [2.24, 2.45) is 13.0 Å². The second kappa shape index (κ2) is 13.1. The molecule has 1 saturated heterocycles. The molecule has 54 heavy (non-hydrogen) atoms. The van der Waals surface area contributed by atoms with Gasteiger partial charge in [0.05, 0.1) is 52.1 Å². The minimum absolute atomic E-state index is 0.0596. The normalized spacial score (nSPS) is 23.3. The number of carbonyl (C=O) groups excluding carboxylic acids is 2. The number of amides is 2. The predicted octanol–water partition coefficient (Wildman–Crippen LogP) is 2.21. The molecule has 0 spiro atoms. The van der Waals surface area contributed by atoms with Crippen molar-refractivity contribution < 1.29 is 33.6 Å². The number of allylic oxidation sites excluding steroid dienone is 3. The number of aryl methyl sites for hydroxylation is 2. The maximum Gasteiger partial charge on any atom is 0.347 e. The van der Waals surface area contributed by atoms with Crippen molar-refractivity contribution in [3.8, 4) is 28.7 Å². The molecule has 2 aromatic carbocycles. The van der Waals surface area contributed by atoms with Crippen LogP contribution in [0.4, 0.5) is 0 Å². The fourth-order valence-corrected chi connectivity index (χ4v) is 8.75. The molecule has 16 nitrogen and oxygen atoms in total. The van der Waals surface area contributed by atoms with E-state index in [1.807, 2.05) is 0 Å². The Bertz CT molecular complexity index is 2490. The quantitative estimate of drug-likeness (QED) is 0.150. The third-order valence-corrected chi connectivity index (χ3v) is 12.1. The van der Waals surface area contributed by atoms with Crippen LogP contribution in [0.1, 0.15) is 23.7 Å². The van der Waals surface area contributed by atoms with Gasteiger partial charge in [0.25, 0.3) is 17.4 Å². The molecule has 1 N–H and O–H groups in total. The van der Waals surface area contributed by atoms with Gasteiger partial charge in [-0.05, 0) is 23.3 Å². The summed E-state index contributed by atoms with van der Waals surface area (Å²) in [5.74, 6) is -1.63. The zero-order chi connectivity index (χ0) is 39.0. The first-order valence-corrected chi connectivity index (χ1v) is 17.5. The number of hydrogen-bond donors (Lipinski definition) is 1. The van der Waals surface area contributed by atoms with E-state index in [1.54, 1.807) is 49.5 Å². The Kier molecular flexibility index (Phi) is 8.96. The number of likely N-dealkylation sites (tertiary alicyclic amines) is 1. The van der Waals surface area contributed by atoms with Crippen molar-refractivity contribution in [1.82, 2.24) is 28.4 Å². The lowest BCUT2D eigenvalue weighted by Gasteiger charge is -2.47. The molecule has 18 heteroatoms. The SMILES string of the molecule is COc1cc2nc(CCn3c(=O)n4n(c3=O)[C@@H]3C[C@@]5(Cl)C(=O)N(C)C(=O)[C@@]5(Cl)[C@@H](C=Cc5cc(OC)c(O)c(OC)c5)C3=CC4)c(=O)n(C)c2cc1OC. The second-order valence-corrected chi connectivity index (χ2v) is 14.5. The largest absolute Gasteiger partial charge is 0.502 e. The molecular formula is C36H36Cl2N6O10. The molecule has 3 aliphatic rings. The van der Waals surface area contributed by atoms with Gasteiger partial charge in [0.2, 0.25) is 5.75 Å². The van der Waals surface area contributed by atoms with Crippen LogP contribution in [0.3, 0.4) is 0 Å². The molecule has 7 rings (SSSR count). The van der Waals surface area contributed by atoms with Crippen molar-refractivity contribution in [2.45, 2.75) is 41.7 Å². The van der Waals surface area contributed by atoms with Gasteiger partial charge in [0, 0.05) is 51.5 Å². The van der Waals surface area contributed by atoms with E-state index in [0.717, 1.165) is 9.47 Å². The van der Waals surface area contributed by atoms with Crippen LogP contribution in [-0.2, 0) is 36.1 Å². The Morgan fingerprint density at radius 2 is 1.52 bits per heavy atom. The lowest BCUT2D eigenvalue weighted by molar-refractivity contribution is -0.137. The first kappa shape index (κ1) is 36.9. The maximum absolute atomic E-state index is 14.2. The van der Waals surface area contributed by atoms with E-state index in [9.17, 15) is 29.1 Å². The van der Waals surface area contributed by atoms with Crippen molar-refractivity contribution >= 4 is 52.1 Å². The van der Waals surface area contributed by atoms with Crippen LogP contribution in [0.15, 0.2) is 56.4 Å². The molecule has 2 aliphatic heterocycles. The molecule has 2 aromatic heterocycles. The summed E-state index contributed by atoms with van der Waals surface area (Å²) < 4.78 is 26.2. The fourth-order valence-electron chi connectivity index (χ4n) is 7.80. The van der Waals surface area contributed by atoms with Gasteiger partial charge in [-0.2, -0.15) is 0 Å². The van der Waals surface area contributed by atoms with Gasteiger partial charge < -0.3 is 28.6 Å². The molecule has 284 valence electrons. The van der Waals surface area contributed by atoms with Crippen LogP contribution >= 0.6 is 23.2 Å². The summed E-state index contributed by atoms with van der Waals surface area (Å²) in [6.45, 7) is -0.247. The van der Waals surface area contributed by atoms with E-state index in [1.165, 1.54) is 49.4 Å². The summed E-state index contributed by atoms with van der Waals surface area (Å²) in [6, 6.07) is 5.40. The lowest BCUT2D eigenvalue weighted by atomic mass is 9.66. The zero-order valence-corrected chi connectivity index (χ0v) is 31.6. The standard InChI is InChI=1S/C36H36Cl2N6O10/c1-40-23-16-26(52-4)25(51-3)15-22(23)39-21(30(40)46)10-11-42-33(49)43-12-9-19-20(8-7-18-13-27(53-5)29(45)28(14-18)54-6)36(38)32(48)41(2)31(47)35(36,37)17-24(19)44(43)34(42)50/h7-9,13-16,20,24,45H,10-12,17H2,1-6H3/t20-,24+,35+,36-/m0/s1. The highest BCUT2D eigenvalue weighted by Crippen LogP contribution is 2.60. The van der Waals surface area contributed by atoms with Crippen LogP contribution < -0.4 is 35.9 Å². The molecule has 4 aromatic rings. The zero-order valence-electron chi connectivity index (χ0n) is 30.1. The van der Waals surface area contributed by atoms with Gasteiger partial charge in [-0.3, -0.25) is 19.3 Å². The summed E-state index contributed by atoms with van der Waals surface area (Å²) in [6.07, 6.45) is 4.61. The molecule has 2 fully saturated rings. The average Bonchev–Trinajstić information content (AvgIpc) is 3.49. The Morgan fingerprint density at radius 3 is 2.15 bits per heavy atom. The third-order valence-electron chi connectivity index (χ3n) is 10.6. The molecule has 1 aliphatic carbocycles. The van der Waals surface area contributed by atoms with Gasteiger partial charge in [-0.25, -0.2) is 28.5 Å². The third kappa shape index (κ3) is 5.10. The number of methoxy groups -OCH3 is 4. The summed E-state index contributed by atoms with van der Waals surface area (Å²) in [4.78, 5) is 70.3. The Balaban J connectivity index is 1.29. The van der Waals surface area contributed by atoms with Gasteiger partial charge in [-0.1, -0.05) is 18.2 Å². The Labute approximate surface area is 316 Å². The van der Waals surface area contributed by atoms with Crippen molar-refractivity contribution in [1.29, 1.82) is 0 Å². The van der Waals surface area contributed by atoms with Gasteiger partial charge in [0.15, 0.2) is 32.7 Å². The molecule has 0 radical (unpaired) electrons. The first-order valence-electron chi connectivity index (χ1n) is 16.7. The minimum atomic E-state index is -2.01. The van der Waals surface area contributed by atoms with Crippen LogP contribution in [0.25, 0.3) is 17.1 Å². The number of benzene rings is 2. The maximum atomic E-state index is 14.2. The van der Waals surface area contributed by atoms with Gasteiger partial charge >= 0.3 is 11.4 Å². The molecule has 1 saturated carbocycles. The van der Waals surface area contributed by atoms with Crippen LogP contribution in [-0.4, -0.2) is 90.5 Å². The molecule has 4 heterocycles. The average molecular weight is 784 g/mol. The summed E-state index contributed by atoms with van der Waals surface area (Å²) in [5.41, 5.74) is 0.287. The smallest absolute Gasteiger partial charge is 0.347 e. The molecule has 0 unspecified atom stereocenters. The number of aromatic nitrogens is 5. The number of ether oxygens (including phenoxy) is 4. The van der Waals surface area contributed by atoms with Gasteiger partial charge in [0.1, 0.15) is 5.69 Å². The lowest BCUT2D eigenvalue weighted by Crippen LogP contribution is -2.60. The molecular weight excluding hydrogens is 747 g/mol. The second-order valence-electron chi connectivity index (χ2n) is 13.2. The van der Waals surface area contributed by atoms with Crippen molar-refractivity contribution in [3.05, 3.63) is 84.6 Å². The number of carbonyl (C=O) groups is 2. The molecule has 0 bridgehead atoms. The monoisotopic (exact) mass is 782 g/mol. The van der Waals surface area contributed by atoms with E-state index in [4.69, 9.17) is 42.1 Å². The van der Waals surface area contributed by atoms with E-state index < -0.39 is 50.5 Å². The van der Waals surface area contributed by atoms with E-state index in [0.29, 0.717) is 33.7 Å².